The van der Waals surface area contributed by atoms with Crippen LogP contribution in [0.3, 0.4) is 0 Å². The van der Waals surface area contributed by atoms with Crippen LogP contribution in [0.5, 0.6) is 0 Å². The van der Waals surface area contributed by atoms with Crippen molar-refractivity contribution in [3.8, 4) is 0 Å². The van der Waals surface area contributed by atoms with Gasteiger partial charge in [0.05, 0.1) is 18.5 Å². The van der Waals surface area contributed by atoms with Gasteiger partial charge in [0.2, 0.25) is 11.8 Å². The number of nitrogens with one attached hydrogen (secondary N) is 2. The predicted octanol–water partition coefficient (Wildman–Crippen LogP) is -0.545. The lowest BCUT2D eigenvalue weighted by Gasteiger charge is -2.16. The van der Waals surface area contributed by atoms with Crippen LogP contribution in [-0.4, -0.2) is 41.5 Å². The number of aliphatic carboxylic acids is 1. The van der Waals surface area contributed by atoms with E-state index < -0.39 is 12.0 Å². The number of amides is 2. The zero-order chi connectivity index (χ0) is 15.3. The summed E-state index contributed by atoms with van der Waals surface area (Å²) in [6, 6.07) is -0.759. The van der Waals surface area contributed by atoms with Gasteiger partial charge in [-0.2, -0.15) is 0 Å². The molecule has 3 atom stereocenters. The fourth-order valence-corrected chi connectivity index (χ4v) is 2.20. The average Bonchev–Trinajstić information content (AvgIpc) is 2.83. The van der Waals surface area contributed by atoms with Crippen LogP contribution >= 0.6 is 0 Å². The van der Waals surface area contributed by atoms with Gasteiger partial charge < -0.3 is 21.5 Å². The summed E-state index contributed by atoms with van der Waals surface area (Å²) in [4.78, 5) is 34.0. The highest BCUT2D eigenvalue weighted by molar-refractivity contribution is 5.87. The molecule has 0 aromatic rings. The van der Waals surface area contributed by atoms with Crippen LogP contribution in [-0.2, 0) is 14.4 Å². The highest BCUT2D eigenvalue weighted by atomic mass is 16.4. The van der Waals surface area contributed by atoms with Crippen LogP contribution in [0.2, 0.25) is 0 Å². The minimum atomic E-state index is -0.821. The van der Waals surface area contributed by atoms with E-state index in [1.807, 2.05) is 13.8 Å². The minimum Gasteiger partial charge on any atom is -0.481 e. The molecule has 20 heavy (non-hydrogen) atoms. The van der Waals surface area contributed by atoms with Gasteiger partial charge in [-0.05, 0) is 25.2 Å². The number of carbonyl (C=O) groups is 3. The number of carbonyl (C=O) groups excluding carboxylic acids is 2. The SMILES string of the molecule is CC(C)[C@H](N)C(=O)NCC(=O)N[C@H]1CC[C@@H](C(=O)O)C1. The molecule has 7 heteroatoms. The van der Waals surface area contributed by atoms with E-state index in [0.29, 0.717) is 19.3 Å². The quantitative estimate of drug-likeness (QED) is 0.522. The molecule has 2 amide bonds. The first-order valence-corrected chi connectivity index (χ1v) is 6.86. The first-order valence-electron chi connectivity index (χ1n) is 6.86. The molecular weight excluding hydrogens is 262 g/mol. The summed E-state index contributed by atoms with van der Waals surface area (Å²) < 4.78 is 0. The Hall–Kier alpha value is -1.63. The molecular formula is C13H23N3O4. The third-order valence-electron chi connectivity index (χ3n) is 3.59. The Labute approximate surface area is 118 Å². The molecule has 0 spiro atoms. The van der Waals surface area contributed by atoms with E-state index in [4.69, 9.17) is 10.8 Å². The summed E-state index contributed by atoms with van der Waals surface area (Å²) in [6.45, 7) is 3.53. The molecule has 1 aliphatic carbocycles. The van der Waals surface area contributed by atoms with Gasteiger partial charge in [-0.25, -0.2) is 0 Å². The maximum atomic E-state index is 11.7. The number of hydrogen-bond donors (Lipinski definition) is 4. The van der Waals surface area contributed by atoms with E-state index in [-0.39, 0.29) is 36.2 Å². The maximum Gasteiger partial charge on any atom is 0.306 e. The predicted molar refractivity (Wildman–Crippen MR) is 72.7 cm³/mol. The van der Waals surface area contributed by atoms with Gasteiger partial charge >= 0.3 is 5.97 Å². The molecule has 7 nitrogen and oxygen atoms in total. The lowest BCUT2D eigenvalue weighted by Crippen LogP contribution is -2.48. The zero-order valence-corrected chi connectivity index (χ0v) is 11.9. The van der Waals surface area contributed by atoms with Crippen LogP contribution in [0.1, 0.15) is 33.1 Å². The van der Waals surface area contributed by atoms with Crippen molar-refractivity contribution in [3.05, 3.63) is 0 Å². The molecule has 0 unspecified atom stereocenters. The minimum absolute atomic E-state index is 0.00391. The van der Waals surface area contributed by atoms with Crippen LogP contribution in [0.4, 0.5) is 0 Å². The second-order valence-corrected chi connectivity index (χ2v) is 5.60. The highest BCUT2D eigenvalue weighted by Gasteiger charge is 2.30. The van der Waals surface area contributed by atoms with Gasteiger partial charge in [0.25, 0.3) is 0 Å². The first kappa shape index (κ1) is 16.4. The van der Waals surface area contributed by atoms with Crippen molar-refractivity contribution in [2.75, 3.05) is 6.54 Å². The molecule has 0 aromatic heterocycles. The van der Waals surface area contributed by atoms with E-state index in [1.165, 1.54) is 0 Å². The van der Waals surface area contributed by atoms with E-state index in [0.717, 1.165) is 0 Å². The molecule has 5 N–H and O–H groups in total. The lowest BCUT2D eigenvalue weighted by atomic mass is 10.1. The molecule has 0 heterocycles. The Balaban J connectivity index is 2.28. The highest BCUT2D eigenvalue weighted by Crippen LogP contribution is 2.25. The second-order valence-electron chi connectivity index (χ2n) is 5.60. The zero-order valence-electron chi connectivity index (χ0n) is 11.9. The summed E-state index contributed by atoms with van der Waals surface area (Å²) >= 11 is 0. The van der Waals surface area contributed by atoms with E-state index >= 15 is 0 Å². The van der Waals surface area contributed by atoms with Gasteiger partial charge in [-0.1, -0.05) is 13.8 Å². The summed E-state index contributed by atoms with van der Waals surface area (Å²) in [5.41, 5.74) is 5.65. The monoisotopic (exact) mass is 285 g/mol. The van der Waals surface area contributed by atoms with E-state index in [1.54, 1.807) is 0 Å². The average molecular weight is 285 g/mol. The van der Waals surface area contributed by atoms with Crippen molar-refractivity contribution in [3.63, 3.8) is 0 Å². The van der Waals surface area contributed by atoms with Crippen molar-refractivity contribution in [2.24, 2.45) is 17.6 Å². The molecule has 1 aliphatic rings. The third-order valence-corrected chi connectivity index (χ3v) is 3.59. The summed E-state index contributed by atoms with van der Waals surface area (Å²) in [6.07, 6.45) is 1.67. The summed E-state index contributed by atoms with van der Waals surface area (Å²) in [7, 11) is 0. The van der Waals surface area contributed by atoms with Crippen LogP contribution in [0.25, 0.3) is 0 Å². The standard InChI is InChI=1S/C13H23N3O4/c1-7(2)11(14)12(18)15-6-10(17)16-9-4-3-8(5-9)13(19)20/h7-9,11H,3-6,14H2,1-2H3,(H,15,18)(H,16,17)(H,19,20)/t8-,9+,11+/m1/s1. The Kier molecular flexibility index (Phi) is 5.94. The van der Waals surface area contributed by atoms with Gasteiger partial charge in [0, 0.05) is 6.04 Å². The largest absolute Gasteiger partial charge is 0.481 e. The molecule has 1 rings (SSSR count). The molecule has 114 valence electrons. The van der Waals surface area contributed by atoms with E-state index in [9.17, 15) is 14.4 Å². The van der Waals surface area contributed by atoms with Gasteiger partial charge in [0.15, 0.2) is 0 Å². The topological polar surface area (TPSA) is 122 Å². The Bertz CT molecular complexity index is 384. The summed E-state index contributed by atoms with van der Waals surface area (Å²) in [5, 5.41) is 14.1. The molecule has 0 radical (unpaired) electrons. The number of carboxylic acid groups (broad SMARTS) is 1. The fourth-order valence-electron chi connectivity index (χ4n) is 2.20. The number of carboxylic acids is 1. The van der Waals surface area contributed by atoms with Gasteiger partial charge in [-0.15, -0.1) is 0 Å². The van der Waals surface area contributed by atoms with Crippen molar-refractivity contribution < 1.29 is 19.5 Å². The van der Waals surface area contributed by atoms with Crippen molar-refractivity contribution in [1.29, 1.82) is 0 Å². The van der Waals surface area contributed by atoms with Crippen LogP contribution in [0, 0.1) is 11.8 Å². The van der Waals surface area contributed by atoms with Gasteiger partial charge in [-0.3, -0.25) is 14.4 Å². The fraction of sp³-hybridized carbons (Fsp3) is 0.769. The Morgan fingerprint density at radius 3 is 2.45 bits per heavy atom. The second kappa shape index (κ2) is 7.23. The molecule has 0 saturated heterocycles. The van der Waals surface area contributed by atoms with Crippen molar-refractivity contribution in [1.82, 2.24) is 10.6 Å². The third kappa shape index (κ3) is 4.80. The van der Waals surface area contributed by atoms with Gasteiger partial charge in [0.1, 0.15) is 0 Å². The molecule has 1 fully saturated rings. The molecule has 0 aliphatic heterocycles. The molecule has 1 saturated carbocycles. The number of nitrogens with two attached hydrogens (primary N) is 1. The van der Waals surface area contributed by atoms with E-state index in [2.05, 4.69) is 10.6 Å². The Morgan fingerprint density at radius 2 is 1.95 bits per heavy atom. The molecule has 0 aromatic carbocycles. The number of hydrogen-bond acceptors (Lipinski definition) is 4. The summed E-state index contributed by atoms with van der Waals surface area (Å²) in [5.74, 6) is -1.87. The number of rotatable bonds is 6. The Morgan fingerprint density at radius 1 is 1.30 bits per heavy atom. The van der Waals surface area contributed by atoms with Crippen molar-refractivity contribution in [2.45, 2.75) is 45.2 Å². The lowest BCUT2D eigenvalue weighted by molar-refractivity contribution is -0.141. The van der Waals surface area contributed by atoms with Crippen LogP contribution < -0.4 is 16.4 Å². The smallest absolute Gasteiger partial charge is 0.306 e. The maximum absolute atomic E-state index is 11.7. The van der Waals surface area contributed by atoms with Crippen molar-refractivity contribution >= 4 is 17.8 Å². The molecule has 0 bridgehead atoms. The normalized spacial score (nSPS) is 23.4. The first-order chi connectivity index (χ1) is 9.31. The van der Waals surface area contributed by atoms with Crippen LogP contribution in [0.15, 0.2) is 0 Å².